The Bertz CT molecular complexity index is 301. The number of carbonyl (C=O) groups is 2. The topological polar surface area (TPSA) is 74.6 Å². The molecule has 0 bridgehead atoms. The van der Waals surface area contributed by atoms with E-state index in [4.69, 9.17) is 10.2 Å². The predicted molar refractivity (Wildman–Crippen MR) is 92.3 cm³/mol. The maximum absolute atomic E-state index is 11.0. The van der Waals surface area contributed by atoms with Crippen molar-refractivity contribution in [2.45, 2.75) is 78.6 Å². The largest absolute Gasteiger partial charge is 2.00 e. The van der Waals surface area contributed by atoms with Gasteiger partial charge in [0, 0.05) is 0 Å². The molecule has 0 saturated carbocycles. The van der Waals surface area contributed by atoms with Gasteiger partial charge in [-0.15, -0.1) is 0 Å². The first-order valence-electron chi connectivity index (χ1n) is 8.35. The molecule has 0 aliphatic carbocycles. The van der Waals surface area contributed by atoms with Gasteiger partial charge in [0.15, 0.2) is 5.92 Å². The molecule has 2 N–H and O–H groups in total. The smallest absolute Gasteiger partial charge is 1.00 e. The Hall–Kier alpha value is 0.511. The summed E-state index contributed by atoms with van der Waals surface area (Å²) in [5.74, 6) is -3.19. The van der Waals surface area contributed by atoms with E-state index >= 15 is 0 Å². The van der Waals surface area contributed by atoms with Gasteiger partial charge in [0.1, 0.15) is 0 Å². The van der Waals surface area contributed by atoms with Crippen molar-refractivity contribution in [3.05, 3.63) is 0 Å². The molecule has 4 nitrogen and oxygen atoms in total. The molecule has 5 heteroatoms. The van der Waals surface area contributed by atoms with E-state index in [1.807, 2.05) is 13.8 Å². The summed E-state index contributed by atoms with van der Waals surface area (Å²) >= 11 is 0. The van der Waals surface area contributed by atoms with Crippen molar-refractivity contribution in [3.8, 4) is 0 Å². The molecule has 0 aromatic rings. The molecule has 0 rings (SSSR count). The summed E-state index contributed by atoms with van der Waals surface area (Å²) < 4.78 is 0. The van der Waals surface area contributed by atoms with Crippen LogP contribution in [0.5, 0.6) is 0 Å². The maximum atomic E-state index is 11.0. The summed E-state index contributed by atoms with van der Waals surface area (Å²) in [5.41, 5.74) is 0. The number of aliphatic carboxylic acids is 2. The standard InChI is InChI=1S/C17H32O4.Ba.2H/c1-4-5-6-7-8-9-10-11-14(13(2)3)12-15(16(18)19)17(20)21;;;/h13-15H,4-12H2,1-3H3,(H,18,19)(H,20,21);;;/q;+2;2*-1. The van der Waals surface area contributed by atoms with Crippen molar-refractivity contribution < 1.29 is 22.7 Å². The van der Waals surface area contributed by atoms with E-state index < -0.39 is 17.9 Å². The van der Waals surface area contributed by atoms with Crippen molar-refractivity contribution in [2.75, 3.05) is 0 Å². The minimum Gasteiger partial charge on any atom is -1.00 e. The van der Waals surface area contributed by atoms with Crippen molar-refractivity contribution in [1.82, 2.24) is 0 Å². The number of hydrogen-bond donors (Lipinski definition) is 2. The Balaban J connectivity index is -0.000000667. The first-order valence-corrected chi connectivity index (χ1v) is 8.35. The van der Waals surface area contributed by atoms with Crippen LogP contribution >= 0.6 is 0 Å². The zero-order valence-electron chi connectivity index (χ0n) is 16.5. The second-order valence-electron chi connectivity index (χ2n) is 6.38. The van der Waals surface area contributed by atoms with E-state index in [0.717, 1.165) is 19.3 Å². The van der Waals surface area contributed by atoms with Gasteiger partial charge in [-0.25, -0.2) is 0 Å². The summed E-state index contributed by atoms with van der Waals surface area (Å²) in [6.07, 6.45) is 9.76. The van der Waals surface area contributed by atoms with E-state index in [9.17, 15) is 9.59 Å². The van der Waals surface area contributed by atoms with Crippen LogP contribution < -0.4 is 0 Å². The maximum Gasteiger partial charge on any atom is 2.00 e. The van der Waals surface area contributed by atoms with E-state index in [1.54, 1.807) is 0 Å². The molecule has 0 saturated heterocycles. The number of rotatable bonds is 13. The molecule has 0 amide bonds. The fourth-order valence-electron chi connectivity index (χ4n) is 2.70. The molecule has 0 aromatic heterocycles. The van der Waals surface area contributed by atoms with Crippen molar-refractivity contribution in [2.24, 2.45) is 17.8 Å². The van der Waals surface area contributed by atoms with Crippen LogP contribution in [0.4, 0.5) is 0 Å². The Kier molecular flexibility index (Phi) is 17.0. The molecule has 1 atom stereocenters. The van der Waals surface area contributed by atoms with Crippen LogP contribution in [0.15, 0.2) is 0 Å². The third-order valence-electron chi connectivity index (χ3n) is 4.26. The van der Waals surface area contributed by atoms with E-state index in [2.05, 4.69) is 6.92 Å². The summed E-state index contributed by atoms with van der Waals surface area (Å²) in [6.45, 7) is 6.30. The van der Waals surface area contributed by atoms with Gasteiger partial charge in [0.05, 0.1) is 0 Å². The summed E-state index contributed by atoms with van der Waals surface area (Å²) in [4.78, 5) is 22.0. The molecule has 0 heterocycles. The van der Waals surface area contributed by atoms with Crippen molar-refractivity contribution in [1.29, 1.82) is 0 Å². The third-order valence-corrected chi connectivity index (χ3v) is 4.26. The molecule has 128 valence electrons. The normalized spacial score (nSPS) is 12.2. The van der Waals surface area contributed by atoms with Gasteiger partial charge in [-0.2, -0.15) is 0 Å². The number of hydrogen-bond acceptors (Lipinski definition) is 2. The molecule has 1 unspecified atom stereocenters. The monoisotopic (exact) mass is 440 g/mol. The quantitative estimate of drug-likeness (QED) is 0.253. The average Bonchev–Trinajstić information content (AvgIpc) is 2.39. The molecule has 0 aliphatic rings. The van der Waals surface area contributed by atoms with Gasteiger partial charge in [-0.3, -0.25) is 9.59 Å². The Morgan fingerprint density at radius 1 is 0.909 bits per heavy atom. The Morgan fingerprint density at radius 3 is 1.77 bits per heavy atom. The molecule has 0 radical (unpaired) electrons. The number of carboxylic acid groups (broad SMARTS) is 2. The van der Waals surface area contributed by atoms with Crippen LogP contribution in [0.3, 0.4) is 0 Å². The average molecular weight is 440 g/mol. The first-order chi connectivity index (χ1) is 9.90. The van der Waals surface area contributed by atoms with Crippen LogP contribution in [0.1, 0.15) is 81.4 Å². The van der Waals surface area contributed by atoms with Gasteiger partial charge in [0.2, 0.25) is 0 Å². The predicted octanol–water partition coefficient (Wildman–Crippen LogP) is 4.42. The van der Waals surface area contributed by atoms with Gasteiger partial charge in [-0.1, -0.05) is 72.1 Å². The SMILES string of the molecule is CCCCCCCCCC(CC(C(=O)O)C(=O)O)C(C)C.[Ba+2].[H-].[H-]. The molecule has 0 fully saturated rings. The van der Waals surface area contributed by atoms with Crippen LogP contribution in [-0.4, -0.2) is 71.0 Å². The second kappa shape index (κ2) is 15.1. The first kappa shape index (κ1) is 24.8. The van der Waals surface area contributed by atoms with Gasteiger partial charge < -0.3 is 13.1 Å². The molecular weight excluding hydrogens is 406 g/mol. The van der Waals surface area contributed by atoms with Crippen molar-refractivity contribution in [3.63, 3.8) is 0 Å². The van der Waals surface area contributed by atoms with Gasteiger partial charge in [0.25, 0.3) is 0 Å². The van der Waals surface area contributed by atoms with Crippen LogP contribution in [0.2, 0.25) is 0 Å². The fourth-order valence-corrected chi connectivity index (χ4v) is 2.70. The number of unbranched alkanes of at least 4 members (excludes halogenated alkanes) is 6. The van der Waals surface area contributed by atoms with Crippen LogP contribution in [0, 0.1) is 17.8 Å². The Morgan fingerprint density at radius 2 is 1.36 bits per heavy atom. The van der Waals surface area contributed by atoms with Gasteiger partial charge in [-0.05, 0) is 18.3 Å². The summed E-state index contributed by atoms with van der Waals surface area (Å²) in [6, 6.07) is 0. The minimum absolute atomic E-state index is 0. The van der Waals surface area contributed by atoms with Crippen LogP contribution in [0.25, 0.3) is 0 Å². The fraction of sp³-hybridized carbons (Fsp3) is 0.882. The molecule has 0 aliphatic heterocycles. The summed E-state index contributed by atoms with van der Waals surface area (Å²) in [7, 11) is 0. The Labute approximate surface area is 178 Å². The van der Waals surface area contributed by atoms with E-state index in [-0.39, 0.29) is 64.1 Å². The minimum atomic E-state index is -1.26. The zero-order chi connectivity index (χ0) is 16.3. The van der Waals surface area contributed by atoms with Gasteiger partial charge >= 0.3 is 60.8 Å². The van der Waals surface area contributed by atoms with E-state index in [0.29, 0.717) is 5.92 Å². The second-order valence-corrected chi connectivity index (χ2v) is 6.38. The molecule has 0 spiro atoms. The zero-order valence-corrected chi connectivity index (χ0v) is 19.0. The van der Waals surface area contributed by atoms with E-state index in [1.165, 1.54) is 32.1 Å². The summed E-state index contributed by atoms with van der Waals surface area (Å²) in [5, 5.41) is 18.0. The third kappa shape index (κ3) is 12.0. The molecule has 22 heavy (non-hydrogen) atoms. The van der Waals surface area contributed by atoms with Crippen LogP contribution in [-0.2, 0) is 9.59 Å². The number of carboxylic acids is 2. The van der Waals surface area contributed by atoms with Crippen molar-refractivity contribution >= 4 is 60.8 Å². The molecule has 0 aromatic carbocycles. The molecular formula is C17H34BaO4.